The molecule has 5 heteroatoms. The number of halogens is 1. The maximum Gasteiger partial charge on any atom is 0.132 e. The van der Waals surface area contributed by atoms with Gasteiger partial charge in [0, 0.05) is 0 Å². The van der Waals surface area contributed by atoms with Crippen LogP contribution in [0.4, 0.5) is 0 Å². The highest BCUT2D eigenvalue weighted by Crippen LogP contribution is 1.93. The average Bonchev–Trinajstić information content (AvgIpc) is 1.96. The van der Waals surface area contributed by atoms with Crippen LogP contribution in [0.1, 0.15) is 0 Å². The summed E-state index contributed by atoms with van der Waals surface area (Å²) in [6, 6.07) is 0. The minimum Gasteiger partial charge on any atom is -0.394 e. The summed E-state index contributed by atoms with van der Waals surface area (Å²) in [7, 11) is 0. The minimum atomic E-state index is -0.611. The van der Waals surface area contributed by atoms with Gasteiger partial charge in [0.15, 0.2) is 0 Å². The van der Waals surface area contributed by atoms with Gasteiger partial charge in [-0.05, 0) is 0 Å². The number of alkyl halides is 1. The Kier molecular flexibility index (Phi) is 8.66. The molecular formula is C6H13BrO4. The molecule has 0 aliphatic heterocycles. The molecule has 0 rings (SSSR count). The molecule has 0 aliphatic rings. The van der Waals surface area contributed by atoms with Gasteiger partial charge < -0.3 is 19.7 Å². The van der Waals surface area contributed by atoms with Crippen molar-refractivity contribution in [3.8, 4) is 0 Å². The Morgan fingerprint density at radius 2 is 1.82 bits per heavy atom. The molecule has 0 saturated heterocycles. The molecule has 0 aromatic heterocycles. The van der Waals surface area contributed by atoms with Crippen LogP contribution in [0.5, 0.6) is 0 Å². The van der Waals surface area contributed by atoms with Crippen molar-refractivity contribution in [2.24, 2.45) is 0 Å². The second-order valence-corrected chi connectivity index (χ2v) is 2.90. The Morgan fingerprint density at radius 3 is 2.36 bits per heavy atom. The summed E-state index contributed by atoms with van der Waals surface area (Å²) in [5, 5.41) is 16.4. The molecule has 0 saturated carbocycles. The summed E-state index contributed by atoms with van der Waals surface area (Å²) in [5.41, 5.74) is 0. The third-order valence-corrected chi connectivity index (χ3v) is 1.13. The van der Waals surface area contributed by atoms with Crippen molar-refractivity contribution in [2.45, 2.75) is 5.01 Å². The van der Waals surface area contributed by atoms with E-state index in [9.17, 15) is 0 Å². The Hall–Kier alpha value is 0.320. The molecule has 68 valence electrons. The van der Waals surface area contributed by atoms with E-state index in [0.717, 1.165) is 0 Å². The lowest BCUT2D eigenvalue weighted by molar-refractivity contribution is 0.0178. The summed E-state index contributed by atoms with van der Waals surface area (Å²) in [4.78, 5) is 0. The summed E-state index contributed by atoms with van der Waals surface area (Å²) in [6.45, 7) is 1.49. The predicted octanol–water partition coefficient (Wildman–Crippen LogP) is -0.275. The summed E-state index contributed by atoms with van der Waals surface area (Å²) in [5.74, 6) is 0. The van der Waals surface area contributed by atoms with Crippen molar-refractivity contribution in [2.75, 3.05) is 33.0 Å². The van der Waals surface area contributed by atoms with Crippen molar-refractivity contribution in [3.63, 3.8) is 0 Å². The van der Waals surface area contributed by atoms with E-state index in [0.29, 0.717) is 19.8 Å². The van der Waals surface area contributed by atoms with Crippen LogP contribution < -0.4 is 0 Å². The molecule has 0 heterocycles. The first kappa shape index (κ1) is 11.3. The van der Waals surface area contributed by atoms with Gasteiger partial charge in [0.2, 0.25) is 0 Å². The van der Waals surface area contributed by atoms with E-state index in [4.69, 9.17) is 19.7 Å². The molecule has 2 N–H and O–H groups in total. The van der Waals surface area contributed by atoms with Gasteiger partial charge in [-0.3, -0.25) is 0 Å². The Morgan fingerprint density at radius 1 is 1.18 bits per heavy atom. The van der Waals surface area contributed by atoms with Gasteiger partial charge in [0.25, 0.3) is 0 Å². The Bertz CT molecular complexity index is 79.0. The SMILES string of the molecule is OCCOCCOCC(O)Br. The molecule has 0 spiro atoms. The van der Waals surface area contributed by atoms with Crippen LogP contribution in [0.2, 0.25) is 0 Å². The van der Waals surface area contributed by atoms with Gasteiger partial charge >= 0.3 is 0 Å². The molecule has 1 unspecified atom stereocenters. The zero-order chi connectivity index (χ0) is 8.53. The van der Waals surface area contributed by atoms with E-state index < -0.39 is 5.01 Å². The Balaban J connectivity index is 2.80. The van der Waals surface area contributed by atoms with Gasteiger partial charge in [0.1, 0.15) is 5.01 Å². The van der Waals surface area contributed by atoms with E-state index in [2.05, 4.69) is 15.9 Å². The van der Waals surface area contributed by atoms with E-state index in [-0.39, 0.29) is 13.2 Å². The first-order chi connectivity index (χ1) is 5.27. The third-order valence-electron chi connectivity index (χ3n) is 0.863. The fourth-order valence-electron chi connectivity index (χ4n) is 0.465. The predicted molar refractivity (Wildman–Crippen MR) is 43.7 cm³/mol. The molecule has 0 aromatic rings. The van der Waals surface area contributed by atoms with Crippen LogP contribution in [0.25, 0.3) is 0 Å². The van der Waals surface area contributed by atoms with E-state index >= 15 is 0 Å². The second-order valence-electron chi connectivity index (χ2n) is 1.85. The molecule has 11 heavy (non-hydrogen) atoms. The number of rotatable bonds is 7. The van der Waals surface area contributed by atoms with Crippen LogP contribution in [0.3, 0.4) is 0 Å². The average molecular weight is 229 g/mol. The van der Waals surface area contributed by atoms with Crippen LogP contribution in [0.15, 0.2) is 0 Å². The monoisotopic (exact) mass is 228 g/mol. The summed E-state index contributed by atoms with van der Waals surface area (Å²) >= 11 is 2.91. The van der Waals surface area contributed by atoms with Crippen molar-refractivity contribution >= 4 is 15.9 Å². The van der Waals surface area contributed by atoms with Crippen molar-refractivity contribution < 1.29 is 19.7 Å². The minimum absolute atomic E-state index is 0.0288. The first-order valence-corrected chi connectivity index (χ1v) is 4.27. The van der Waals surface area contributed by atoms with Gasteiger partial charge in [0.05, 0.1) is 33.0 Å². The molecule has 0 fully saturated rings. The number of hydrogen-bond acceptors (Lipinski definition) is 4. The highest BCUT2D eigenvalue weighted by Gasteiger charge is 1.95. The maximum atomic E-state index is 8.67. The van der Waals surface area contributed by atoms with Crippen molar-refractivity contribution in [1.82, 2.24) is 0 Å². The van der Waals surface area contributed by atoms with Crippen molar-refractivity contribution in [3.05, 3.63) is 0 Å². The molecular weight excluding hydrogens is 216 g/mol. The van der Waals surface area contributed by atoms with Crippen LogP contribution in [-0.4, -0.2) is 48.3 Å². The zero-order valence-corrected chi connectivity index (χ0v) is 7.79. The van der Waals surface area contributed by atoms with Gasteiger partial charge in [-0.15, -0.1) is 0 Å². The molecule has 0 bridgehead atoms. The van der Waals surface area contributed by atoms with Crippen LogP contribution in [-0.2, 0) is 9.47 Å². The molecule has 0 amide bonds. The normalized spacial score (nSPS) is 13.4. The highest BCUT2D eigenvalue weighted by atomic mass is 79.9. The van der Waals surface area contributed by atoms with Crippen molar-refractivity contribution in [1.29, 1.82) is 0 Å². The van der Waals surface area contributed by atoms with Gasteiger partial charge in [-0.1, -0.05) is 15.9 Å². The zero-order valence-electron chi connectivity index (χ0n) is 6.20. The maximum absolute atomic E-state index is 8.67. The first-order valence-electron chi connectivity index (χ1n) is 3.36. The largest absolute Gasteiger partial charge is 0.394 e. The molecule has 4 nitrogen and oxygen atoms in total. The second kappa shape index (κ2) is 8.42. The standard InChI is InChI=1S/C6H13BrO4/c7-6(9)5-11-4-3-10-2-1-8/h6,8-9H,1-5H2. The van der Waals surface area contributed by atoms with E-state index in [1.165, 1.54) is 0 Å². The van der Waals surface area contributed by atoms with E-state index in [1.54, 1.807) is 0 Å². The molecule has 1 atom stereocenters. The quantitative estimate of drug-likeness (QED) is 0.466. The fourth-order valence-corrected chi connectivity index (χ4v) is 0.652. The highest BCUT2D eigenvalue weighted by molar-refractivity contribution is 9.09. The van der Waals surface area contributed by atoms with Gasteiger partial charge in [-0.25, -0.2) is 0 Å². The number of ether oxygens (including phenoxy) is 2. The summed E-state index contributed by atoms with van der Waals surface area (Å²) < 4.78 is 9.83. The molecule has 0 aromatic carbocycles. The third kappa shape index (κ3) is 10.3. The molecule has 0 radical (unpaired) electrons. The van der Waals surface area contributed by atoms with Gasteiger partial charge in [-0.2, -0.15) is 0 Å². The smallest absolute Gasteiger partial charge is 0.132 e. The fraction of sp³-hybridized carbons (Fsp3) is 1.00. The lowest BCUT2D eigenvalue weighted by Crippen LogP contribution is -2.12. The topological polar surface area (TPSA) is 58.9 Å². The number of hydrogen-bond donors (Lipinski definition) is 2. The number of aliphatic hydroxyl groups is 2. The van der Waals surface area contributed by atoms with E-state index in [1.807, 2.05) is 0 Å². The Labute approximate surface area is 74.2 Å². The lowest BCUT2D eigenvalue weighted by Gasteiger charge is -2.04. The lowest BCUT2D eigenvalue weighted by atomic mass is 10.7. The van der Waals surface area contributed by atoms with Crippen LogP contribution in [0, 0.1) is 0 Å². The molecule has 0 aliphatic carbocycles. The van der Waals surface area contributed by atoms with Crippen LogP contribution >= 0.6 is 15.9 Å². The number of aliphatic hydroxyl groups excluding tert-OH is 2. The summed E-state index contributed by atoms with van der Waals surface area (Å²) in [6.07, 6.45) is 0.